The van der Waals surface area contributed by atoms with Gasteiger partial charge in [0.15, 0.2) is 0 Å². The van der Waals surface area contributed by atoms with Gasteiger partial charge in [0.2, 0.25) is 0 Å². The van der Waals surface area contributed by atoms with Crippen LogP contribution in [0.1, 0.15) is 5.56 Å². The number of fused-ring (bicyclic) bond motifs is 3. The Hall–Kier alpha value is -2.47. The highest BCUT2D eigenvalue weighted by Gasteiger charge is 2.02. The molecule has 3 rings (SSSR count). The van der Waals surface area contributed by atoms with E-state index in [1.54, 1.807) is 12.4 Å². The highest BCUT2D eigenvalue weighted by atomic mass is 14.7. The van der Waals surface area contributed by atoms with E-state index in [1.165, 1.54) is 0 Å². The summed E-state index contributed by atoms with van der Waals surface area (Å²) in [5.74, 6) is 0. The molecule has 0 spiro atoms. The molecule has 0 saturated heterocycles. The summed E-state index contributed by atoms with van der Waals surface area (Å²) in [6.45, 7) is 0. The zero-order chi connectivity index (χ0) is 11.0. The van der Waals surface area contributed by atoms with Crippen molar-refractivity contribution < 1.29 is 0 Å². The van der Waals surface area contributed by atoms with Gasteiger partial charge < -0.3 is 0 Å². The number of benzene rings is 1. The van der Waals surface area contributed by atoms with Crippen LogP contribution in [0.15, 0.2) is 42.7 Å². The first-order valence-corrected chi connectivity index (χ1v) is 4.92. The molecule has 0 aliphatic carbocycles. The van der Waals surface area contributed by atoms with E-state index < -0.39 is 0 Å². The third-order valence-corrected chi connectivity index (χ3v) is 2.58. The molecule has 0 aliphatic heterocycles. The first kappa shape index (κ1) is 8.81. The van der Waals surface area contributed by atoms with Crippen molar-refractivity contribution in [2.75, 3.05) is 0 Å². The van der Waals surface area contributed by atoms with Crippen LogP contribution in [-0.4, -0.2) is 9.97 Å². The first-order chi connectivity index (χ1) is 7.88. The number of pyridine rings is 2. The summed E-state index contributed by atoms with van der Waals surface area (Å²) in [5, 5.41) is 10.9. The van der Waals surface area contributed by atoms with Crippen molar-refractivity contribution in [3.8, 4) is 6.07 Å². The van der Waals surface area contributed by atoms with Crippen LogP contribution < -0.4 is 0 Å². The highest BCUT2D eigenvalue weighted by Crippen LogP contribution is 2.22. The normalized spacial score (nSPS) is 10.4. The molecule has 0 atom stereocenters. The zero-order valence-electron chi connectivity index (χ0n) is 8.38. The van der Waals surface area contributed by atoms with E-state index in [4.69, 9.17) is 5.26 Å². The Morgan fingerprint density at radius 1 is 1.00 bits per heavy atom. The van der Waals surface area contributed by atoms with Gasteiger partial charge in [-0.25, -0.2) is 0 Å². The summed E-state index contributed by atoms with van der Waals surface area (Å²) in [5.41, 5.74) is 2.38. The van der Waals surface area contributed by atoms with Crippen LogP contribution >= 0.6 is 0 Å². The van der Waals surface area contributed by atoms with Gasteiger partial charge in [0.05, 0.1) is 16.6 Å². The van der Waals surface area contributed by atoms with Gasteiger partial charge in [-0.15, -0.1) is 0 Å². The maximum atomic E-state index is 8.86. The van der Waals surface area contributed by atoms with Gasteiger partial charge in [0, 0.05) is 23.2 Å². The smallest absolute Gasteiger partial charge is 0.101 e. The van der Waals surface area contributed by atoms with Crippen molar-refractivity contribution in [1.82, 2.24) is 9.97 Å². The second kappa shape index (κ2) is 3.28. The van der Waals surface area contributed by atoms with Gasteiger partial charge in [-0.05, 0) is 24.3 Å². The van der Waals surface area contributed by atoms with Crippen molar-refractivity contribution >= 4 is 21.8 Å². The second-order valence-corrected chi connectivity index (χ2v) is 3.54. The lowest BCUT2D eigenvalue weighted by Crippen LogP contribution is -1.85. The second-order valence-electron chi connectivity index (χ2n) is 3.54. The van der Waals surface area contributed by atoms with Crippen LogP contribution in [0.4, 0.5) is 0 Å². The fraction of sp³-hybridized carbons (Fsp3) is 0. The average molecular weight is 205 g/mol. The van der Waals surface area contributed by atoms with E-state index in [9.17, 15) is 0 Å². The van der Waals surface area contributed by atoms with E-state index in [-0.39, 0.29) is 0 Å². The number of nitriles is 1. The van der Waals surface area contributed by atoms with Crippen LogP contribution in [0.2, 0.25) is 0 Å². The molecular weight excluding hydrogens is 198 g/mol. The zero-order valence-corrected chi connectivity index (χ0v) is 8.38. The Morgan fingerprint density at radius 2 is 1.81 bits per heavy atom. The lowest BCUT2D eigenvalue weighted by Gasteiger charge is -2.02. The largest absolute Gasteiger partial charge is 0.256 e. The molecule has 0 unspecified atom stereocenters. The van der Waals surface area contributed by atoms with Gasteiger partial charge >= 0.3 is 0 Å². The minimum absolute atomic E-state index is 0.573. The Kier molecular flexibility index (Phi) is 1.81. The molecule has 1 aromatic carbocycles. The molecule has 74 valence electrons. The summed E-state index contributed by atoms with van der Waals surface area (Å²) in [4.78, 5) is 8.53. The molecule has 0 bridgehead atoms. The van der Waals surface area contributed by atoms with Gasteiger partial charge in [-0.2, -0.15) is 5.26 Å². The minimum atomic E-state index is 0.573. The molecule has 0 fully saturated rings. The van der Waals surface area contributed by atoms with Gasteiger partial charge in [0.1, 0.15) is 6.07 Å². The summed E-state index contributed by atoms with van der Waals surface area (Å²) in [7, 11) is 0. The van der Waals surface area contributed by atoms with Crippen LogP contribution in [0.3, 0.4) is 0 Å². The van der Waals surface area contributed by atoms with Crippen LogP contribution in [0, 0.1) is 11.3 Å². The Labute approximate surface area is 92.0 Å². The molecule has 2 heterocycles. The number of rotatable bonds is 0. The predicted molar refractivity (Wildman–Crippen MR) is 61.8 cm³/mol. The Balaban J connectivity index is 2.53. The van der Waals surface area contributed by atoms with Crippen molar-refractivity contribution in [3.05, 3.63) is 48.3 Å². The van der Waals surface area contributed by atoms with Gasteiger partial charge in [0.25, 0.3) is 0 Å². The predicted octanol–water partition coefficient (Wildman–Crippen LogP) is 2.65. The van der Waals surface area contributed by atoms with Gasteiger partial charge in [-0.3, -0.25) is 9.97 Å². The number of nitrogens with zero attached hydrogens (tertiary/aromatic N) is 3. The topological polar surface area (TPSA) is 49.6 Å². The van der Waals surface area contributed by atoms with Crippen molar-refractivity contribution in [1.29, 1.82) is 5.26 Å². The quantitative estimate of drug-likeness (QED) is 0.530. The first-order valence-electron chi connectivity index (χ1n) is 4.92. The molecule has 0 saturated carbocycles. The van der Waals surface area contributed by atoms with Gasteiger partial charge in [-0.1, -0.05) is 6.07 Å². The summed E-state index contributed by atoms with van der Waals surface area (Å²) >= 11 is 0. The number of aromatic nitrogens is 2. The average Bonchev–Trinajstić information content (AvgIpc) is 2.38. The Morgan fingerprint density at radius 3 is 2.62 bits per heavy atom. The van der Waals surface area contributed by atoms with E-state index in [0.29, 0.717) is 5.56 Å². The third-order valence-electron chi connectivity index (χ3n) is 2.58. The fourth-order valence-electron chi connectivity index (χ4n) is 1.82. The molecule has 0 amide bonds. The summed E-state index contributed by atoms with van der Waals surface area (Å²) in [6, 6.07) is 11.7. The molecule has 3 nitrogen and oxygen atoms in total. The SMILES string of the molecule is N#Cc1cnc2ccc3ncccc3c2c1. The standard InChI is InChI=1S/C13H7N3/c14-7-9-6-11-10-2-1-5-15-12(10)3-4-13(11)16-8-9/h1-6,8H. The molecule has 3 aromatic rings. The maximum absolute atomic E-state index is 8.86. The molecule has 0 aliphatic rings. The van der Waals surface area contributed by atoms with E-state index in [1.807, 2.05) is 30.3 Å². The summed E-state index contributed by atoms with van der Waals surface area (Å²) < 4.78 is 0. The molecule has 2 aromatic heterocycles. The van der Waals surface area contributed by atoms with Crippen molar-refractivity contribution in [2.45, 2.75) is 0 Å². The molecular formula is C13H7N3. The molecule has 16 heavy (non-hydrogen) atoms. The third kappa shape index (κ3) is 1.21. The minimum Gasteiger partial charge on any atom is -0.256 e. The maximum Gasteiger partial charge on any atom is 0.101 e. The van der Waals surface area contributed by atoms with Crippen LogP contribution in [-0.2, 0) is 0 Å². The van der Waals surface area contributed by atoms with E-state index in [0.717, 1.165) is 21.8 Å². The lowest BCUT2D eigenvalue weighted by atomic mass is 10.1. The highest BCUT2D eigenvalue weighted by molar-refractivity contribution is 6.04. The summed E-state index contributed by atoms with van der Waals surface area (Å²) in [6.07, 6.45) is 3.35. The van der Waals surface area contributed by atoms with Crippen molar-refractivity contribution in [2.24, 2.45) is 0 Å². The molecule has 0 radical (unpaired) electrons. The van der Waals surface area contributed by atoms with E-state index in [2.05, 4.69) is 16.0 Å². The van der Waals surface area contributed by atoms with Crippen LogP contribution in [0.5, 0.6) is 0 Å². The molecule has 0 N–H and O–H groups in total. The number of hydrogen-bond acceptors (Lipinski definition) is 3. The van der Waals surface area contributed by atoms with E-state index >= 15 is 0 Å². The van der Waals surface area contributed by atoms with Crippen molar-refractivity contribution in [3.63, 3.8) is 0 Å². The molecule has 3 heteroatoms. The Bertz CT molecular complexity index is 726. The fourth-order valence-corrected chi connectivity index (χ4v) is 1.82. The monoisotopic (exact) mass is 205 g/mol. The number of hydrogen-bond donors (Lipinski definition) is 0. The lowest BCUT2D eigenvalue weighted by molar-refractivity contribution is 1.37. The van der Waals surface area contributed by atoms with Crippen LogP contribution in [0.25, 0.3) is 21.8 Å².